The maximum atomic E-state index is 5.41. The topological polar surface area (TPSA) is 72.9 Å². The lowest BCUT2D eigenvalue weighted by molar-refractivity contribution is 0.371. The van der Waals surface area contributed by atoms with Crippen LogP contribution in [0.1, 0.15) is 30.2 Å². The standard InChI is InChI=1S/C14H16N6O/c1-19(2)13-12-14(16-7-15-13)20(8-17-12)6-10-5-11(18-21-10)9-3-4-9/h5,7-9H,3-4,6H2,1-2H3. The van der Waals surface area contributed by atoms with Crippen molar-refractivity contribution in [3.63, 3.8) is 0 Å². The van der Waals surface area contributed by atoms with Gasteiger partial charge in [0, 0.05) is 26.1 Å². The van der Waals surface area contributed by atoms with Crippen LogP contribution in [0.4, 0.5) is 5.82 Å². The van der Waals surface area contributed by atoms with Crippen molar-refractivity contribution in [3.8, 4) is 0 Å². The van der Waals surface area contributed by atoms with Crippen LogP contribution >= 0.6 is 0 Å². The van der Waals surface area contributed by atoms with Crippen LogP contribution in [0.3, 0.4) is 0 Å². The van der Waals surface area contributed by atoms with E-state index < -0.39 is 0 Å². The molecule has 7 nitrogen and oxygen atoms in total. The summed E-state index contributed by atoms with van der Waals surface area (Å²) < 4.78 is 7.37. The number of fused-ring (bicyclic) bond motifs is 1. The van der Waals surface area contributed by atoms with Gasteiger partial charge in [0.15, 0.2) is 22.7 Å². The van der Waals surface area contributed by atoms with Gasteiger partial charge in [0.05, 0.1) is 18.6 Å². The van der Waals surface area contributed by atoms with Crippen molar-refractivity contribution >= 4 is 17.0 Å². The van der Waals surface area contributed by atoms with Crippen molar-refractivity contribution in [3.05, 3.63) is 30.2 Å². The van der Waals surface area contributed by atoms with Gasteiger partial charge >= 0.3 is 0 Å². The van der Waals surface area contributed by atoms with Crippen molar-refractivity contribution in [2.45, 2.75) is 25.3 Å². The van der Waals surface area contributed by atoms with Crippen LogP contribution in [-0.4, -0.2) is 38.8 Å². The summed E-state index contributed by atoms with van der Waals surface area (Å²) in [4.78, 5) is 15.0. The van der Waals surface area contributed by atoms with Crippen molar-refractivity contribution in [1.82, 2.24) is 24.7 Å². The van der Waals surface area contributed by atoms with Gasteiger partial charge in [-0.25, -0.2) is 15.0 Å². The van der Waals surface area contributed by atoms with Gasteiger partial charge in [0.1, 0.15) is 6.33 Å². The number of hydrogen-bond acceptors (Lipinski definition) is 6. The molecule has 1 saturated carbocycles. The van der Waals surface area contributed by atoms with E-state index in [1.165, 1.54) is 12.8 Å². The third-order valence-electron chi connectivity index (χ3n) is 3.70. The summed E-state index contributed by atoms with van der Waals surface area (Å²) in [5.41, 5.74) is 2.67. The molecule has 1 aliphatic rings. The first-order valence-electron chi connectivity index (χ1n) is 7.01. The Kier molecular flexibility index (Phi) is 2.66. The second kappa shape index (κ2) is 4.54. The summed E-state index contributed by atoms with van der Waals surface area (Å²) in [6.07, 6.45) is 5.77. The van der Waals surface area contributed by atoms with E-state index in [9.17, 15) is 0 Å². The van der Waals surface area contributed by atoms with Gasteiger partial charge < -0.3 is 14.0 Å². The van der Waals surface area contributed by atoms with Gasteiger partial charge in [-0.3, -0.25) is 0 Å². The first kappa shape index (κ1) is 12.3. The molecular weight excluding hydrogens is 268 g/mol. The van der Waals surface area contributed by atoms with Crippen molar-refractivity contribution < 1.29 is 4.52 Å². The number of aromatic nitrogens is 5. The average molecular weight is 284 g/mol. The summed E-state index contributed by atoms with van der Waals surface area (Å²) >= 11 is 0. The fourth-order valence-electron chi connectivity index (χ4n) is 2.45. The Balaban J connectivity index is 1.68. The van der Waals surface area contributed by atoms with Crippen LogP contribution in [0.25, 0.3) is 11.2 Å². The van der Waals surface area contributed by atoms with Crippen LogP contribution in [0.15, 0.2) is 23.2 Å². The molecule has 21 heavy (non-hydrogen) atoms. The number of anilines is 1. The molecular formula is C14H16N6O. The third-order valence-corrected chi connectivity index (χ3v) is 3.70. The SMILES string of the molecule is CN(C)c1ncnc2c1ncn2Cc1cc(C2CC2)no1. The quantitative estimate of drug-likeness (QED) is 0.727. The Morgan fingerprint density at radius 2 is 2.14 bits per heavy atom. The van der Waals surface area contributed by atoms with Gasteiger partial charge in [-0.1, -0.05) is 5.16 Å². The minimum absolute atomic E-state index is 0.583. The minimum atomic E-state index is 0.583. The smallest absolute Gasteiger partial charge is 0.165 e. The second-order valence-corrected chi connectivity index (χ2v) is 5.63. The lowest BCUT2D eigenvalue weighted by atomic mass is 10.3. The van der Waals surface area contributed by atoms with Crippen molar-refractivity contribution in [2.75, 3.05) is 19.0 Å². The molecule has 0 amide bonds. The van der Waals surface area contributed by atoms with E-state index in [2.05, 4.69) is 20.1 Å². The normalized spacial score (nSPS) is 14.8. The third kappa shape index (κ3) is 2.14. The number of rotatable bonds is 4. The molecule has 0 bridgehead atoms. The highest BCUT2D eigenvalue weighted by Gasteiger charge is 2.27. The Hall–Kier alpha value is -2.44. The zero-order valence-electron chi connectivity index (χ0n) is 12.0. The Bertz CT molecular complexity index is 786. The maximum Gasteiger partial charge on any atom is 0.165 e. The molecule has 0 spiro atoms. The molecule has 108 valence electrons. The van der Waals surface area contributed by atoms with Crippen molar-refractivity contribution in [1.29, 1.82) is 0 Å². The molecule has 0 unspecified atom stereocenters. The van der Waals surface area contributed by atoms with Crippen LogP contribution in [0, 0.1) is 0 Å². The molecule has 3 aromatic rings. The molecule has 1 aliphatic carbocycles. The minimum Gasteiger partial charge on any atom is -0.361 e. The van der Waals surface area contributed by atoms with E-state index >= 15 is 0 Å². The first-order chi connectivity index (χ1) is 10.2. The number of imidazole rings is 1. The summed E-state index contributed by atoms with van der Waals surface area (Å²) in [7, 11) is 3.89. The van der Waals surface area contributed by atoms with Crippen LogP contribution < -0.4 is 4.90 Å². The molecule has 0 aromatic carbocycles. The molecule has 7 heteroatoms. The zero-order valence-corrected chi connectivity index (χ0v) is 12.0. The van der Waals surface area contributed by atoms with Gasteiger partial charge in [-0.15, -0.1) is 0 Å². The highest BCUT2D eigenvalue weighted by atomic mass is 16.5. The molecule has 0 aliphatic heterocycles. The van der Waals surface area contributed by atoms with E-state index in [0.717, 1.165) is 28.4 Å². The zero-order chi connectivity index (χ0) is 14.4. The van der Waals surface area contributed by atoms with Crippen LogP contribution in [0.2, 0.25) is 0 Å². The fraction of sp³-hybridized carbons (Fsp3) is 0.429. The fourth-order valence-corrected chi connectivity index (χ4v) is 2.45. The van der Waals surface area contributed by atoms with E-state index in [-0.39, 0.29) is 0 Å². The summed E-state index contributed by atoms with van der Waals surface area (Å²) in [5, 5.41) is 4.13. The Labute approximate surface area is 121 Å². The molecule has 0 N–H and O–H groups in total. The monoisotopic (exact) mass is 284 g/mol. The van der Waals surface area contributed by atoms with E-state index in [0.29, 0.717) is 12.5 Å². The summed E-state index contributed by atoms with van der Waals surface area (Å²) in [6.45, 7) is 0.583. The molecule has 1 fully saturated rings. The predicted octanol–water partition coefficient (Wildman–Crippen LogP) is 1.81. The number of hydrogen-bond donors (Lipinski definition) is 0. The van der Waals surface area contributed by atoms with Crippen LogP contribution in [-0.2, 0) is 6.54 Å². The van der Waals surface area contributed by atoms with Crippen LogP contribution in [0.5, 0.6) is 0 Å². The summed E-state index contributed by atoms with van der Waals surface area (Å²) in [6, 6.07) is 2.04. The maximum absolute atomic E-state index is 5.41. The van der Waals surface area contributed by atoms with Crippen molar-refractivity contribution in [2.24, 2.45) is 0 Å². The molecule has 3 aromatic heterocycles. The Morgan fingerprint density at radius 1 is 1.29 bits per heavy atom. The lowest BCUT2D eigenvalue weighted by Crippen LogP contribution is -2.11. The largest absolute Gasteiger partial charge is 0.361 e. The highest BCUT2D eigenvalue weighted by molar-refractivity contribution is 5.83. The van der Waals surface area contributed by atoms with Gasteiger partial charge in [0.25, 0.3) is 0 Å². The van der Waals surface area contributed by atoms with Gasteiger partial charge in [0.2, 0.25) is 0 Å². The lowest BCUT2D eigenvalue weighted by Gasteiger charge is -2.10. The van der Waals surface area contributed by atoms with E-state index in [1.807, 2.05) is 29.6 Å². The first-order valence-corrected chi connectivity index (χ1v) is 7.01. The second-order valence-electron chi connectivity index (χ2n) is 5.63. The van der Waals surface area contributed by atoms with E-state index in [4.69, 9.17) is 4.52 Å². The molecule has 4 rings (SSSR count). The number of nitrogens with zero attached hydrogens (tertiary/aromatic N) is 6. The molecule has 0 atom stereocenters. The predicted molar refractivity (Wildman–Crippen MR) is 77.2 cm³/mol. The average Bonchev–Trinajstić information content (AvgIpc) is 3.09. The Morgan fingerprint density at radius 3 is 2.90 bits per heavy atom. The summed E-state index contributed by atoms with van der Waals surface area (Å²) in [5.74, 6) is 2.25. The molecule has 0 saturated heterocycles. The molecule has 0 radical (unpaired) electrons. The molecule has 3 heterocycles. The van der Waals surface area contributed by atoms with Gasteiger partial charge in [-0.05, 0) is 12.8 Å². The van der Waals surface area contributed by atoms with E-state index in [1.54, 1.807) is 12.7 Å². The highest BCUT2D eigenvalue weighted by Crippen LogP contribution is 2.39. The van der Waals surface area contributed by atoms with Gasteiger partial charge in [-0.2, -0.15) is 0 Å².